The maximum absolute atomic E-state index is 5.99. The summed E-state index contributed by atoms with van der Waals surface area (Å²) in [5.74, 6) is 0.784. The van der Waals surface area contributed by atoms with Crippen LogP contribution in [0.2, 0.25) is 0 Å². The van der Waals surface area contributed by atoms with Crippen LogP contribution in [0.1, 0.15) is 5.56 Å². The summed E-state index contributed by atoms with van der Waals surface area (Å²) in [6, 6.07) is 9.73. The summed E-state index contributed by atoms with van der Waals surface area (Å²) in [5, 5.41) is 4.36. The highest BCUT2D eigenvalue weighted by Gasteiger charge is 2.07. The Balaban J connectivity index is 2.02. The van der Waals surface area contributed by atoms with E-state index in [-0.39, 0.29) is 0 Å². The van der Waals surface area contributed by atoms with Crippen molar-refractivity contribution < 1.29 is 0 Å². The predicted molar refractivity (Wildman–Crippen MR) is 83.6 cm³/mol. The van der Waals surface area contributed by atoms with Crippen molar-refractivity contribution >= 4 is 21.6 Å². The topological polar surface area (TPSA) is 56.7 Å². The van der Waals surface area contributed by atoms with Gasteiger partial charge in [-0.05, 0) is 40.5 Å². The van der Waals surface area contributed by atoms with E-state index < -0.39 is 0 Å². The van der Waals surface area contributed by atoms with Crippen LogP contribution in [0.15, 0.2) is 53.4 Å². The largest absolute Gasteiger partial charge is 0.398 e. The Hall–Kier alpha value is -2.14. The lowest BCUT2D eigenvalue weighted by molar-refractivity contribution is 0.844. The minimum atomic E-state index is 0.743. The number of hydrogen-bond donors (Lipinski definition) is 1. The Morgan fingerprint density at radius 3 is 2.75 bits per heavy atom. The third kappa shape index (κ3) is 2.32. The van der Waals surface area contributed by atoms with Gasteiger partial charge in [0.25, 0.3) is 0 Å². The first-order chi connectivity index (χ1) is 9.65. The van der Waals surface area contributed by atoms with E-state index in [4.69, 9.17) is 5.73 Å². The molecule has 0 saturated carbocycles. The number of anilines is 1. The van der Waals surface area contributed by atoms with Crippen molar-refractivity contribution in [1.29, 1.82) is 0 Å². The molecule has 0 spiro atoms. The van der Waals surface area contributed by atoms with E-state index >= 15 is 0 Å². The van der Waals surface area contributed by atoms with E-state index in [1.54, 1.807) is 17.1 Å². The van der Waals surface area contributed by atoms with Gasteiger partial charge < -0.3 is 5.73 Å². The summed E-state index contributed by atoms with van der Waals surface area (Å²) < 4.78 is 2.74. The van der Waals surface area contributed by atoms with Crippen LogP contribution in [0.3, 0.4) is 0 Å². The van der Waals surface area contributed by atoms with E-state index in [2.05, 4.69) is 26.0 Å². The van der Waals surface area contributed by atoms with E-state index in [9.17, 15) is 0 Å². The van der Waals surface area contributed by atoms with Crippen LogP contribution >= 0.6 is 15.9 Å². The molecule has 5 heteroatoms. The summed E-state index contributed by atoms with van der Waals surface area (Å²) in [6.07, 6.45) is 5.51. The molecule has 0 aliphatic heterocycles. The number of rotatable bonds is 2. The third-order valence-electron chi connectivity index (χ3n) is 3.12. The Morgan fingerprint density at radius 1 is 1.20 bits per heavy atom. The summed E-state index contributed by atoms with van der Waals surface area (Å²) in [4.78, 5) is 4.36. The number of hydrogen-bond acceptors (Lipinski definition) is 3. The molecule has 2 aromatic heterocycles. The van der Waals surface area contributed by atoms with Gasteiger partial charge in [-0.25, -0.2) is 9.67 Å². The summed E-state index contributed by atoms with van der Waals surface area (Å²) >= 11 is 3.44. The molecular formula is C15H13BrN4. The van der Waals surface area contributed by atoms with Gasteiger partial charge in [0.2, 0.25) is 0 Å². The Labute approximate surface area is 125 Å². The van der Waals surface area contributed by atoms with Crippen molar-refractivity contribution in [3.8, 4) is 16.9 Å². The molecule has 4 nitrogen and oxygen atoms in total. The van der Waals surface area contributed by atoms with Gasteiger partial charge in [0.1, 0.15) is 0 Å². The fourth-order valence-electron chi connectivity index (χ4n) is 2.00. The van der Waals surface area contributed by atoms with Gasteiger partial charge in [-0.3, -0.25) is 0 Å². The monoisotopic (exact) mass is 328 g/mol. The van der Waals surface area contributed by atoms with Crippen molar-refractivity contribution in [2.45, 2.75) is 6.92 Å². The third-order valence-corrected chi connectivity index (χ3v) is 3.95. The van der Waals surface area contributed by atoms with E-state index in [1.165, 1.54) is 0 Å². The molecule has 3 aromatic rings. The number of pyridine rings is 1. The molecule has 3 rings (SSSR count). The normalized spacial score (nSPS) is 10.7. The van der Waals surface area contributed by atoms with Gasteiger partial charge >= 0.3 is 0 Å². The van der Waals surface area contributed by atoms with Crippen molar-refractivity contribution in [3.63, 3.8) is 0 Å². The van der Waals surface area contributed by atoms with E-state index in [0.29, 0.717) is 0 Å². The summed E-state index contributed by atoms with van der Waals surface area (Å²) in [6.45, 7) is 2.02. The van der Waals surface area contributed by atoms with Crippen LogP contribution in [0.25, 0.3) is 16.9 Å². The fourth-order valence-corrected chi connectivity index (χ4v) is 2.21. The second-order valence-electron chi connectivity index (χ2n) is 4.55. The number of aryl methyl sites for hydroxylation is 1. The fraction of sp³-hybridized carbons (Fsp3) is 0.0667. The van der Waals surface area contributed by atoms with E-state index in [0.717, 1.165) is 32.7 Å². The number of benzene rings is 1. The molecular weight excluding hydrogens is 316 g/mol. The predicted octanol–water partition coefficient (Wildman–Crippen LogP) is 3.59. The maximum Gasteiger partial charge on any atom is 0.153 e. The molecule has 100 valence electrons. The number of nitrogen functional groups attached to an aromatic ring is 1. The molecule has 0 amide bonds. The molecule has 0 atom stereocenters. The highest BCUT2D eigenvalue weighted by atomic mass is 79.9. The Kier molecular flexibility index (Phi) is 3.28. The van der Waals surface area contributed by atoms with Crippen LogP contribution in [-0.4, -0.2) is 14.8 Å². The average Bonchev–Trinajstić information content (AvgIpc) is 2.92. The lowest BCUT2D eigenvalue weighted by Gasteiger charge is -2.03. The highest BCUT2D eigenvalue weighted by molar-refractivity contribution is 9.10. The number of halogens is 1. The van der Waals surface area contributed by atoms with Crippen molar-refractivity contribution in [2.75, 3.05) is 5.73 Å². The van der Waals surface area contributed by atoms with Crippen LogP contribution in [-0.2, 0) is 0 Å². The van der Waals surface area contributed by atoms with Crippen LogP contribution in [0, 0.1) is 6.92 Å². The molecule has 2 heterocycles. The number of nitrogens with zero attached hydrogens (tertiary/aromatic N) is 3. The first-order valence-corrected chi connectivity index (χ1v) is 6.96. The lowest BCUT2D eigenvalue weighted by atomic mass is 10.1. The number of aromatic nitrogens is 3. The zero-order valence-corrected chi connectivity index (χ0v) is 12.5. The Morgan fingerprint density at radius 2 is 2.00 bits per heavy atom. The molecule has 0 aliphatic carbocycles. The van der Waals surface area contributed by atoms with Crippen LogP contribution in [0.4, 0.5) is 5.69 Å². The quantitative estimate of drug-likeness (QED) is 0.731. The smallest absolute Gasteiger partial charge is 0.153 e. The first-order valence-electron chi connectivity index (χ1n) is 6.17. The summed E-state index contributed by atoms with van der Waals surface area (Å²) in [7, 11) is 0. The average molecular weight is 329 g/mol. The molecule has 0 aliphatic rings. The Bertz CT molecular complexity index is 764. The maximum atomic E-state index is 5.99. The van der Waals surface area contributed by atoms with Gasteiger partial charge in [0, 0.05) is 33.7 Å². The minimum Gasteiger partial charge on any atom is -0.398 e. The standard InChI is InChI=1S/C15H13BrN4/c1-10-6-15(18-8-13(10)16)20-9-11(7-19-20)12-4-2-3-5-14(12)17/h2-9H,17H2,1H3. The van der Waals surface area contributed by atoms with Crippen LogP contribution < -0.4 is 5.73 Å². The van der Waals surface area contributed by atoms with Crippen LogP contribution in [0.5, 0.6) is 0 Å². The minimum absolute atomic E-state index is 0.743. The number of para-hydroxylation sites is 1. The molecule has 20 heavy (non-hydrogen) atoms. The molecule has 0 fully saturated rings. The first kappa shape index (κ1) is 12.9. The zero-order chi connectivity index (χ0) is 14.1. The van der Waals surface area contributed by atoms with Gasteiger partial charge in [-0.1, -0.05) is 18.2 Å². The van der Waals surface area contributed by atoms with E-state index in [1.807, 2.05) is 43.5 Å². The van der Waals surface area contributed by atoms with Crippen molar-refractivity contribution in [3.05, 3.63) is 59.0 Å². The molecule has 0 bridgehead atoms. The summed E-state index contributed by atoms with van der Waals surface area (Å²) in [5.41, 5.74) is 9.80. The molecule has 1 aromatic carbocycles. The van der Waals surface area contributed by atoms with Gasteiger partial charge in [-0.15, -0.1) is 0 Å². The zero-order valence-electron chi connectivity index (χ0n) is 10.9. The lowest BCUT2D eigenvalue weighted by Crippen LogP contribution is -1.98. The van der Waals surface area contributed by atoms with Crippen molar-refractivity contribution in [2.24, 2.45) is 0 Å². The second-order valence-corrected chi connectivity index (χ2v) is 5.41. The highest BCUT2D eigenvalue weighted by Crippen LogP contribution is 2.25. The van der Waals surface area contributed by atoms with Gasteiger partial charge in [0.05, 0.1) is 6.20 Å². The molecule has 0 radical (unpaired) electrons. The number of nitrogens with two attached hydrogens (primary N) is 1. The molecule has 0 unspecified atom stereocenters. The molecule has 2 N–H and O–H groups in total. The van der Waals surface area contributed by atoms with Gasteiger partial charge in [-0.2, -0.15) is 5.10 Å². The van der Waals surface area contributed by atoms with Gasteiger partial charge in [0.15, 0.2) is 5.82 Å². The molecule has 0 saturated heterocycles. The van der Waals surface area contributed by atoms with Crippen molar-refractivity contribution in [1.82, 2.24) is 14.8 Å². The second kappa shape index (κ2) is 5.09. The SMILES string of the molecule is Cc1cc(-n2cc(-c3ccccc3N)cn2)ncc1Br.